The summed E-state index contributed by atoms with van der Waals surface area (Å²) in [7, 11) is -3.55. The fourth-order valence-electron chi connectivity index (χ4n) is 4.56. The summed E-state index contributed by atoms with van der Waals surface area (Å²) in [5.41, 5.74) is 4.91. The number of nitrogens with zero attached hydrogens (tertiary/aromatic N) is 4. The van der Waals surface area contributed by atoms with Gasteiger partial charge >= 0.3 is 0 Å². The summed E-state index contributed by atoms with van der Waals surface area (Å²) in [4.78, 5) is 15.0. The van der Waals surface area contributed by atoms with Crippen molar-refractivity contribution in [1.82, 2.24) is 19.0 Å². The molecular formula is C24H26N4O3S. The van der Waals surface area contributed by atoms with Gasteiger partial charge in [-0.05, 0) is 79.8 Å². The van der Waals surface area contributed by atoms with Crippen LogP contribution in [0.25, 0.3) is 5.69 Å². The number of piperazine rings is 1. The Morgan fingerprint density at radius 3 is 2.31 bits per heavy atom. The van der Waals surface area contributed by atoms with Crippen LogP contribution in [0.4, 0.5) is 0 Å². The Labute approximate surface area is 188 Å². The van der Waals surface area contributed by atoms with Gasteiger partial charge in [0.15, 0.2) is 0 Å². The quantitative estimate of drug-likeness (QED) is 0.613. The summed E-state index contributed by atoms with van der Waals surface area (Å²) in [5, 5.41) is 4.28. The summed E-state index contributed by atoms with van der Waals surface area (Å²) >= 11 is 0. The van der Waals surface area contributed by atoms with Crippen molar-refractivity contribution in [2.45, 2.75) is 31.1 Å². The summed E-state index contributed by atoms with van der Waals surface area (Å²) in [6.07, 6.45) is 4.80. The zero-order valence-electron chi connectivity index (χ0n) is 18.1. The molecule has 32 heavy (non-hydrogen) atoms. The van der Waals surface area contributed by atoms with Crippen molar-refractivity contribution < 1.29 is 13.2 Å². The van der Waals surface area contributed by atoms with Crippen molar-refractivity contribution in [2.75, 3.05) is 26.2 Å². The molecule has 2 aliphatic rings. The van der Waals surface area contributed by atoms with Gasteiger partial charge in [-0.1, -0.05) is 6.07 Å². The Kier molecular flexibility index (Phi) is 5.35. The third kappa shape index (κ3) is 3.73. The Balaban J connectivity index is 1.25. The van der Waals surface area contributed by atoms with Gasteiger partial charge in [-0.2, -0.15) is 9.40 Å². The van der Waals surface area contributed by atoms with Crippen molar-refractivity contribution in [2.24, 2.45) is 0 Å². The first-order valence-electron chi connectivity index (χ1n) is 11.0. The van der Waals surface area contributed by atoms with E-state index in [-0.39, 0.29) is 5.91 Å². The minimum Gasteiger partial charge on any atom is -0.336 e. The van der Waals surface area contributed by atoms with E-state index in [0.29, 0.717) is 36.6 Å². The number of benzene rings is 2. The van der Waals surface area contributed by atoms with Crippen LogP contribution in [0.3, 0.4) is 0 Å². The van der Waals surface area contributed by atoms with Crippen LogP contribution >= 0.6 is 0 Å². The van der Waals surface area contributed by atoms with Crippen molar-refractivity contribution in [1.29, 1.82) is 0 Å². The van der Waals surface area contributed by atoms with Gasteiger partial charge in [0.1, 0.15) is 0 Å². The molecule has 0 bridgehead atoms. The lowest BCUT2D eigenvalue weighted by Gasteiger charge is -2.34. The molecule has 0 N–H and O–H groups in total. The van der Waals surface area contributed by atoms with E-state index < -0.39 is 10.0 Å². The minimum atomic E-state index is -3.55. The highest BCUT2D eigenvalue weighted by Crippen LogP contribution is 2.27. The third-order valence-corrected chi connectivity index (χ3v) is 8.32. The SMILES string of the molecule is Cc1ccnn1-c1ccc(C(=O)N2CCN(S(=O)(=O)c3ccc4c(c3)CCC4)CC2)cc1. The molecule has 7 nitrogen and oxygen atoms in total. The molecule has 166 valence electrons. The van der Waals surface area contributed by atoms with E-state index in [1.54, 1.807) is 29.3 Å². The van der Waals surface area contributed by atoms with Crippen LogP contribution in [0.2, 0.25) is 0 Å². The predicted octanol–water partition coefficient (Wildman–Crippen LogP) is 2.82. The molecule has 1 aliphatic heterocycles. The summed E-state index contributed by atoms with van der Waals surface area (Å²) in [6.45, 7) is 3.33. The van der Waals surface area contributed by atoms with E-state index in [2.05, 4.69) is 5.10 Å². The van der Waals surface area contributed by atoms with Gasteiger partial charge in [0.2, 0.25) is 10.0 Å². The van der Waals surface area contributed by atoms with E-state index in [9.17, 15) is 13.2 Å². The zero-order valence-corrected chi connectivity index (χ0v) is 18.9. The van der Waals surface area contributed by atoms with Gasteiger partial charge in [-0.25, -0.2) is 13.1 Å². The van der Waals surface area contributed by atoms with Crippen LogP contribution < -0.4 is 0 Å². The highest BCUT2D eigenvalue weighted by molar-refractivity contribution is 7.89. The minimum absolute atomic E-state index is 0.0803. The van der Waals surface area contributed by atoms with Gasteiger partial charge in [-0.15, -0.1) is 0 Å². The maximum atomic E-state index is 13.1. The van der Waals surface area contributed by atoms with Crippen LogP contribution in [-0.4, -0.2) is 59.5 Å². The Morgan fingerprint density at radius 1 is 0.906 bits per heavy atom. The number of sulfonamides is 1. The number of aryl methyl sites for hydroxylation is 3. The number of amides is 1. The van der Waals surface area contributed by atoms with Gasteiger partial charge < -0.3 is 4.90 Å². The molecule has 3 aromatic rings. The Bertz CT molecular complexity index is 1260. The predicted molar refractivity (Wildman–Crippen MR) is 121 cm³/mol. The summed E-state index contributed by atoms with van der Waals surface area (Å²) in [5.74, 6) is -0.0803. The lowest BCUT2D eigenvalue weighted by molar-refractivity contribution is 0.0698. The van der Waals surface area contributed by atoms with Crippen LogP contribution in [0, 0.1) is 6.92 Å². The van der Waals surface area contributed by atoms with E-state index in [4.69, 9.17) is 0 Å². The number of fused-ring (bicyclic) bond motifs is 1. The molecule has 1 fully saturated rings. The molecule has 2 aromatic carbocycles. The fourth-order valence-corrected chi connectivity index (χ4v) is 6.03. The van der Waals surface area contributed by atoms with E-state index in [0.717, 1.165) is 36.2 Å². The largest absolute Gasteiger partial charge is 0.336 e. The van der Waals surface area contributed by atoms with Gasteiger partial charge in [0.25, 0.3) is 5.91 Å². The van der Waals surface area contributed by atoms with E-state index >= 15 is 0 Å². The molecular weight excluding hydrogens is 424 g/mol. The number of carbonyl (C=O) groups excluding carboxylic acids is 1. The fraction of sp³-hybridized carbons (Fsp3) is 0.333. The Hall–Kier alpha value is -2.97. The standard InChI is InChI=1S/C24H26N4O3S/c1-18-11-12-25-28(18)22-8-5-20(6-9-22)24(29)26-13-15-27(16-14-26)32(30,31)23-10-7-19-3-2-4-21(19)17-23/h5-12,17H,2-4,13-16H2,1H3. The van der Waals surface area contributed by atoms with Crippen LogP contribution in [-0.2, 0) is 22.9 Å². The van der Waals surface area contributed by atoms with E-state index in [1.165, 1.54) is 9.87 Å². The normalized spacial score (nSPS) is 16.8. The maximum absolute atomic E-state index is 13.1. The van der Waals surface area contributed by atoms with Gasteiger partial charge in [0, 0.05) is 43.6 Å². The third-order valence-electron chi connectivity index (χ3n) is 6.42. The molecule has 1 saturated heterocycles. The molecule has 0 atom stereocenters. The second-order valence-corrected chi connectivity index (χ2v) is 10.3. The number of aromatic nitrogens is 2. The van der Waals surface area contributed by atoms with E-state index in [1.807, 2.05) is 41.9 Å². The molecule has 2 heterocycles. The van der Waals surface area contributed by atoms with Crippen LogP contribution in [0.5, 0.6) is 0 Å². The van der Waals surface area contributed by atoms with Crippen LogP contribution in [0.15, 0.2) is 59.6 Å². The molecule has 8 heteroatoms. The number of carbonyl (C=O) groups is 1. The number of hydrogen-bond acceptors (Lipinski definition) is 4. The molecule has 5 rings (SSSR count). The highest BCUT2D eigenvalue weighted by Gasteiger charge is 2.31. The second kappa shape index (κ2) is 8.18. The summed E-state index contributed by atoms with van der Waals surface area (Å²) in [6, 6.07) is 14.8. The first-order chi connectivity index (χ1) is 15.4. The first-order valence-corrected chi connectivity index (χ1v) is 12.4. The molecule has 0 radical (unpaired) electrons. The topological polar surface area (TPSA) is 75.5 Å². The zero-order chi connectivity index (χ0) is 22.3. The average molecular weight is 451 g/mol. The average Bonchev–Trinajstić information content (AvgIpc) is 3.47. The number of rotatable bonds is 4. The van der Waals surface area contributed by atoms with Crippen molar-refractivity contribution in [3.8, 4) is 5.69 Å². The van der Waals surface area contributed by atoms with Crippen molar-refractivity contribution in [3.63, 3.8) is 0 Å². The summed E-state index contributed by atoms with van der Waals surface area (Å²) < 4.78 is 29.6. The number of hydrogen-bond donors (Lipinski definition) is 0. The van der Waals surface area contributed by atoms with Crippen LogP contribution in [0.1, 0.15) is 33.6 Å². The maximum Gasteiger partial charge on any atom is 0.253 e. The van der Waals surface area contributed by atoms with Crippen molar-refractivity contribution in [3.05, 3.63) is 77.1 Å². The smallest absolute Gasteiger partial charge is 0.253 e. The van der Waals surface area contributed by atoms with Crippen molar-refractivity contribution >= 4 is 15.9 Å². The second-order valence-electron chi connectivity index (χ2n) is 8.41. The molecule has 0 saturated carbocycles. The first kappa shape index (κ1) is 20.9. The molecule has 1 amide bonds. The lowest BCUT2D eigenvalue weighted by Crippen LogP contribution is -2.50. The van der Waals surface area contributed by atoms with Gasteiger partial charge in [0.05, 0.1) is 10.6 Å². The molecule has 0 unspecified atom stereocenters. The Morgan fingerprint density at radius 2 is 1.62 bits per heavy atom. The monoisotopic (exact) mass is 450 g/mol. The molecule has 1 aromatic heterocycles. The molecule has 0 spiro atoms. The lowest BCUT2D eigenvalue weighted by atomic mass is 10.1. The highest BCUT2D eigenvalue weighted by atomic mass is 32.2. The van der Waals surface area contributed by atoms with Gasteiger partial charge in [-0.3, -0.25) is 4.79 Å². The molecule has 1 aliphatic carbocycles.